The third-order valence-electron chi connectivity index (χ3n) is 3.38. The summed E-state index contributed by atoms with van der Waals surface area (Å²) < 4.78 is 0. The Hall–Kier alpha value is -2.08. The van der Waals surface area contributed by atoms with Crippen molar-refractivity contribution in [2.24, 2.45) is 0 Å². The Balaban J connectivity index is 1.82. The second-order valence-corrected chi connectivity index (χ2v) is 4.97. The molecule has 104 valence electrons. The highest BCUT2D eigenvalue weighted by Gasteiger charge is 2.17. The van der Waals surface area contributed by atoms with E-state index in [1.807, 2.05) is 13.0 Å². The lowest BCUT2D eigenvalue weighted by Crippen LogP contribution is -2.29. The van der Waals surface area contributed by atoms with Crippen LogP contribution in [-0.2, 0) is 0 Å². The number of piperidine rings is 1. The number of nitrogens with one attached hydrogen (secondary N) is 2. The zero-order valence-corrected chi connectivity index (χ0v) is 11.5. The lowest BCUT2D eigenvalue weighted by atomic mass is 9.96. The third kappa shape index (κ3) is 3.08. The average molecular weight is 270 g/mol. The fraction of sp³-hybridized carbons (Fsp3) is 0.429. The van der Waals surface area contributed by atoms with Gasteiger partial charge in [-0.05, 0) is 32.4 Å². The first kappa shape index (κ1) is 12.9. The van der Waals surface area contributed by atoms with Crippen LogP contribution >= 0.6 is 0 Å². The van der Waals surface area contributed by atoms with Crippen molar-refractivity contribution < 1.29 is 0 Å². The molecule has 0 bridgehead atoms. The van der Waals surface area contributed by atoms with Gasteiger partial charge in [0.15, 0.2) is 0 Å². The van der Waals surface area contributed by atoms with Crippen molar-refractivity contribution in [2.45, 2.75) is 25.7 Å². The molecule has 1 saturated heterocycles. The number of hydrogen-bond acceptors (Lipinski definition) is 6. The third-order valence-corrected chi connectivity index (χ3v) is 3.38. The van der Waals surface area contributed by atoms with E-state index in [1.165, 1.54) is 12.8 Å². The van der Waals surface area contributed by atoms with Crippen LogP contribution in [0.15, 0.2) is 24.5 Å². The number of aromatic nitrogens is 4. The number of rotatable bonds is 3. The summed E-state index contributed by atoms with van der Waals surface area (Å²) in [5.41, 5.74) is 1.09. The Morgan fingerprint density at radius 1 is 1.25 bits per heavy atom. The predicted octanol–water partition coefficient (Wildman–Crippen LogP) is 1.79. The van der Waals surface area contributed by atoms with E-state index in [1.54, 1.807) is 18.5 Å². The molecule has 0 aliphatic carbocycles. The predicted molar refractivity (Wildman–Crippen MR) is 76.9 cm³/mol. The molecule has 0 aromatic carbocycles. The monoisotopic (exact) mass is 270 g/mol. The molecule has 20 heavy (non-hydrogen) atoms. The largest absolute Gasteiger partial charge is 0.316 e. The molecule has 0 unspecified atom stereocenters. The molecule has 2 aromatic rings. The normalized spacial score (nSPS) is 18.8. The van der Waals surface area contributed by atoms with E-state index < -0.39 is 0 Å². The van der Waals surface area contributed by atoms with Crippen LogP contribution in [0.4, 0.5) is 11.8 Å². The maximum atomic E-state index is 4.57. The minimum atomic E-state index is 0.461. The Labute approximate surface area is 118 Å². The van der Waals surface area contributed by atoms with Gasteiger partial charge in [0, 0.05) is 30.9 Å². The van der Waals surface area contributed by atoms with Gasteiger partial charge in [0.2, 0.25) is 5.95 Å². The summed E-state index contributed by atoms with van der Waals surface area (Å²) in [4.78, 5) is 17.3. The highest BCUT2D eigenvalue weighted by Crippen LogP contribution is 2.23. The molecule has 3 rings (SSSR count). The molecule has 6 heteroatoms. The Morgan fingerprint density at radius 2 is 2.10 bits per heavy atom. The standard InChI is InChI=1S/C14H18N6/c1-10-18-12(11-4-2-5-15-9-11)8-13(19-10)20-14-16-6-3-7-17-14/h3,6-8,11,15H,2,4-5,9H2,1H3,(H,16,17,18,19,20)/t11-/m0/s1. The number of nitrogens with zero attached hydrogens (tertiary/aromatic N) is 4. The Morgan fingerprint density at radius 3 is 2.85 bits per heavy atom. The number of anilines is 2. The van der Waals surface area contributed by atoms with E-state index in [-0.39, 0.29) is 0 Å². The van der Waals surface area contributed by atoms with Crippen molar-refractivity contribution >= 4 is 11.8 Å². The highest BCUT2D eigenvalue weighted by molar-refractivity contribution is 5.48. The topological polar surface area (TPSA) is 75.6 Å². The van der Waals surface area contributed by atoms with E-state index in [0.717, 1.165) is 30.4 Å². The zero-order chi connectivity index (χ0) is 13.8. The van der Waals surface area contributed by atoms with Gasteiger partial charge < -0.3 is 10.6 Å². The van der Waals surface area contributed by atoms with Gasteiger partial charge in [-0.3, -0.25) is 0 Å². The van der Waals surface area contributed by atoms with Gasteiger partial charge in [-0.15, -0.1) is 0 Å². The summed E-state index contributed by atoms with van der Waals surface area (Å²) in [6.07, 6.45) is 5.77. The van der Waals surface area contributed by atoms with E-state index in [4.69, 9.17) is 0 Å². The highest BCUT2D eigenvalue weighted by atomic mass is 15.1. The van der Waals surface area contributed by atoms with Crippen LogP contribution in [0.25, 0.3) is 0 Å². The fourth-order valence-electron chi connectivity index (χ4n) is 2.45. The molecule has 2 N–H and O–H groups in total. The first-order valence-corrected chi connectivity index (χ1v) is 6.91. The van der Waals surface area contributed by atoms with E-state index in [2.05, 4.69) is 30.6 Å². The molecule has 1 aliphatic heterocycles. The first-order chi connectivity index (χ1) is 9.81. The smallest absolute Gasteiger partial charge is 0.228 e. The SMILES string of the molecule is Cc1nc(Nc2ncccn2)cc([C@H]2CCCNC2)n1. The maximum absolute atomic E-state index is 4.57. The fourth-order valence-corrected chi connectivity index (χ4v) is 2.45. The molecule has 0 saturated carbocycles. The molecule has 2 aromatic heterocycles. The molecule has 0 amide bonds. The van der Waals surface area contributed by atoms with Gasteiger partial charge in [0.05, 0.1) is 5.69 Å². The average Bonchev–Trinajstić information content (AvgIpc) is 2.49. The summed E-state index contributed by atoms with van der Waals surface area (Å²) >= 11 is 0. The molecule has 0 spiro atoms. The summed E-state index contributed by atoms with van der Waals surface area (Å²) in [6.45, 7) is 4.00. The minimum absolute atomic E-state index is 0.461. The van der Waals surface area contributed by atoms with Gasteiger partial charge in [0.25, 0.3) is 0 Å². The molecule has 1 aliphatic rings. The van der Waals surface area contributed by atoms with Gasteiger partial charge >= 0.3 is 0 Å². The Bertz CT molecular complexity index is 565. The van der Waals surface area contributed by atoms with E-state index in [0.29, 0.717) is 11.9 Å². The van der Waals surface area contributed by atoms with Crippen molar-refractivity contribution in [3.8, 4) is 0 Å². The minimum Gasteiger partial charge on any atom is -0.316 e. The number of aryl methyl sites for hydroxylation is 1. The lowest BCUT2D eigenvalue weighted by molar-refractivity contribution is 0.453. The maximum Gasteiger partial charge on any atom is 0.228 e. The van der Waals surface area contributed by atoms with Crippen molar-refractivity contribution in [3.63, 3.8) is 0 Å². The lowest BCUT2D eigenvalue weighted by Gasteiger charge is -2.22. The molecular formula is C14H18N6. The van der Waals surface area contributed by atoms with Crippen LogP contribution in [0, 0.1) is 6.92 Å². The molecular weight excluding hydrogens is 252 g/mol. The van der Waals surface area contributed by atoms with Crippen molar-refractivity contribution in [2.75, 3.05) is 18.4 Å². The van der Waals surface area contributed by atoms with E-state index in [9.17, 15) is 0 Å². The first-order valence-electron chi connectivity index (χ1n) is 6.91. The van der Waals surface area contributed by atoms with Crippen molar-refractivity contribution in [3.05, 3.63) is 36.0 Å². The van der Waals surface area contributed by atoms with Crippen molar-refractivity contribution in [1.29, 1.82) is 0 Å². The summed E-state index contributed by atoms with van der Waals surface area (Å²) in [5.74, 6) is 2.54. The van der Waals surface area contributed by atoms with Gasteiger partial charge in [-0.25, -0.2) is 19.9 Å². The molecule has 1 fully saturated rings. The molecule has 3 heterocycles. The second kappa shape index (κ2) is 5.92. The van der Waals surface area contributed by atoms with Crippen LogP contribution in [0.3, 0.4) is 0 Å². The van der Waals surface area contributed by atoms with Gasteiger partial charge in [-0.2, -0.15) is 0 Å². The zero-order valence-electron chi connectivity index (χ0n) is 11.5. The molecule has 1 atom stereocenters. The molecule has 6 nitrogen and oxygen atoms in total. The van der Waals surface area contributed by atoms with Gasteiger partial charge in [-0.1, -0.05) is 0 Å². The summed E-state index contributed by atoms with van der Waals surface area (Å²) in [7, 11) is 0. The summed E-state index contributed by atoms with van der Waals surface area (Å²) in [5, 5.41) is 6.55. The van der Waals surface area contributed by atoms with Crippen LogP contribution in [0.1, 0.15) is 30.3 Å². The van der Waals surface area contributed by atoms with Crippen molar-refractivity contribution in [1.82, 2.24) is 25.3 Å². The quantitative estimate of drug-likeness (QED) is 0.885. The van der Waals surface area contributed by atoms with Crippen LogP contribution < -0.4 is 10.6 Å². The Kier molecular flexibility index (Phi) is 3.83. The van der Waals surface area contributed by atoms with Gasteiger partial charge in [0.1, 0.15) is 11.6 Å². The van der Waals surface area contributed by atoms with Crippen LogP contribution in [0.5, 0.6) is 0 Å². The van der Waals surface area contributed by atoms with Crippen LogP contribution in [-0.4, -0.2) is 33.0 Å². The second-order valence-electron chi connectivity index (χ2n) is 4.97. The summed E-state index contributed by atoms with van der Waals surface area (Å²) in [6, 6.07) is 3.79. The van der Waals surface area contributed by atoms with E-state index >= 15 is 0 Å². The molecule has 0 radical (unpaired) electrons. The number of hydrogen-bond donors (Lipinski definition) is 2. The van der Waals surface area contributed by atoms with Crippen LogP contribution in [0.2, 0.25) is 0 Å².